The Balaban J connectivity index is 0.00000396. The predicted molar refractivity (Wildman–Crippen MR) is 224 cm³/mol. The van der Waals surface area contributed by atoms with Gasteiger partial charge in [0.1, 0.15) is 22.5 Å². The number of hydrogen-bond donors (Lipinski definition) is 1. The summed E-state index contributed by atoms with van der Waals surface area (Å²) in [5, 5.41) is 15.4. The fraction of sp³-hybridized carbons (Fsp3) is 0.120. The van der Waals surface area contributed by atoms with E-state index < -0.39 is 0 Å². The molecule has 4 heterocycles. The smallest absolute Gasteiger partial charge is 0.135 e. The summed E-state index contributed by atoms with van der Waals surface area (Å²) in [6.07, 6.45) is 2.05. The van der Waals surface area contributed by atoms with E-state index in [2.05, 4.69) is 123 Å². The van der Waals surface area contributed by atoms with E-state index in [1.54, 1.807) is 6.07 Å². The van der Waals surface area contributed by atoms with Crippen molar-refractivity contribution < 1.29 is 35.0 Å². The van der Waals surface area contributed by atoms with E-state index in [9.17, 15) is 5.11 Å². The van der Waals surface area contributed by atoms with Gasteiger partial charge in [-0.3, -0.25) is 4.98 Å². The Morgan fingerprint density at radius 2 is 1.28 bits per heavy atom. The van der Waals surface area contributed by atoms with E-state index in [-0.39, 0.29) is 37.6 Å². The molecule has 0 saturated heterocycles. The van der Waals surface area contributed by atoms with Gasteiger partial charge in [-0.2, -0.15) is 0 Å². The summed E-state index contributed by atoms with van der Waals surface area (Å²) in [6.45, 7) is 9.01. The van der Waals surface area contributed by atoms with Gasteiger partial charge in [-0.05, 0) is 76.2 Å². The Kier molecular flexibility index (Phi) is 7.81. The third-order valence-corrected chi connectivity index (χ3v) is 12.4. The Labute approximate surface area is 343 Å². The minimum Gasteiger partial charge on any atom is -0.507 e. The van der Waals surface area contributed by atoms with Gasteiger partial charge in [0, 0.05) is 60.1 Å². The van der Waals surface area contributed by atoms with Gasteiger partial charge in [0.05, 0.1) is 28.5 Å². The van der Waals surface area contributed by atoms with Crippen molar-refractivity contribution in [2.45, 2.75) is 38.5 Å². The maximum absolute atomic E-state index is 11.3. The number of rotatable bonds is 4. The van der Waals surface area contributed by atoms with Crippen LogP contribution < -0.4 is 0 Å². The first-order valence-corrected chi connectivity index (χ1v) is 19.0. The Bertz CT molecular complexity index is 3220. The maximum Gasteiger partial charge on any atom is 0.135 e. The van der Waals surface area contributed by atoms with Gasteiger partial charge >= 0.3 is 0 Å². The molecule has 0 fully saturated rings. The molecule has 1 N–H and O–H groups in total. The molecule has 280 valence electrons. The van der Waals surface area contributed by atoms with Crippen molar-refractivity contribution in [3.05, 3.63) is 157 Å². The SMILES string of the molecule is CC1(C)c2ccc(-c3cn(-c4ccc5oc6ccccc6c5c4)c(-c4[c-]cc5oc6ccc(-c7ccccc7)cc6c5c4)n3)nc2-c2c(O)cccc2C1(C)C.[Pt]. The molecule has 0 spiro atoms. The van der Waals surface area contributed by atoms with Crippen LogP contribution in [0.1, 0.15) is 38.8 Å². The normalized spacial score (nSPS) is 14.2. The fourth-order valence-corrected chi connectivity index (χ4v) is 8.69. The van der Waals surface area contributed by atoms with Crippen molar-refractivity contribution in [1.82, 2.24) is 14.5 Å². The zero-order valence-corrected chi connectivity index (χ0v) is 34.0. The summed E-state index contributed by atoms with van der Waals surface area (Å²) in [5.41, 5.74) is 11.9. The van der Waals surface area contributed by atoms with Gasteiger partial charge in [-0.1, -0.05) is 106 Å². The maximum atomic E-state index is 11.3. The number of aromatic nitrogens is 3. The second-order valence-electron chi connectivity index (χ2n) is 15.9. The van der Waals surface area contributed by atoms with Gasteiger partial charge < -0.3 is 18.5 Å². The van der Waals surface area contributed by atoms with Crippen LogP contribution in [0, 0.1) is 6.07 Å². The summed E-state index contributed by atoms with van der Waals surface area (Å²) < 4.78 is 14.6. The number of imidazole rings is 1. The van der Waals surface area contributed by atoms with Crippen LogP contribution in [0.4, 0.5) is 0 Å². The monoisotopic (exact) mass is 921 g/mol. The minimum absolute atomic E-state index is 0. The van der Waals surface area contributed by atoms with Crippen LogP contribution in [0.5, 0.6) is 5.75 Å². The third-order valence-electron chi connectivity index (χ3n) is 12.4. The summed E-state index contributed by atoms with van der Waals surface area (Å²) in [5.74, 6) is 0.946. The molecule has 0 aliphatic heterocycles. The molecule has 57 heavy (non-hydrogen) atoms. The number of nitrogens with zero attached hydrogens (tertiary/aromatic N) is 3. The standard InChI is InChI=1S/C50H36N3O3.Pt/c1-49(2)37-14-10-15-41(54)46(37)47-38(50(49,3)4)20-21-39(51-47)40-28-53(32-19-24-45-36(27-32)33-13-8-9-16-42(33)55-45)48(52-40)31-18-23-44-35(26-31)34-25-30(17-22-43(34)56-44)29-11-6-5-7-12-29;/h5-17,19-28,54H,1-4H3;/q-1;. The molecule has 0 radical (unpaired) electrons. The molecule has 1 aliphatic carbocycles. The predicted octanol–water partition coefficient (Wildman–Crippen LogP) is 12.8. The Morgan fingerprint density at radius 1 is 0.579 bits per heavy atom. The van der Waals surface area contributed by atoms with Crippen LogP contribution in [0.15, 0.2) is 148 Å². The molecule has 0 atom stereocenters. The number of hydrogen-bond acceptors (Lipinski definition) is 5. The van der Waals surface area contributed by atoms with Crippen LogP contribution in [0.3, 0.4) is 0 Å². The van der Waals surface area contributed by atoms with E-state index in [0.717, 1.165) is 88.6 Å². The zero-order valence-electron chi connectivity index (χ0n) is 31.7. The van der Waals surface area contributed by atoms with E-state index in [1.807, 2.05) is 48.5 Å². The van der Waals surface area contributed by atoms with Gasteiger partial charge in [0.25, 0.3) is 0 Å². The van der Waals surface area contributed by atoms with Gasteiger partial charge in [0.2, 0.25) is 0 Å². The minimum atomic E-state index is -0.250. The van der Waals surface area contributed by atoms with Crippen LogP contribution in [-0.2, 0) is 31.9 Å². The summed E-state index contributed by atoms with van der Waals surface area (Å²) in [6, 6.07) is 48.7. The van der Waals surface area contributed by atoms with E-state index in [1.165, 1.54) is 0 Å². The second-order valence-corrected chi connectivity index (χ2v) is 15.9. The Morgan fingerprint density at radius 3 is 2.12 bits per heavy atom. The molecule has 10 aromatic rings. The number of phenols is 1. The van der Waals surface area contributed by atoms with Crippen molar-refractivity contribution in [2.75, 3.05) is 0 Å². The molecule has 6 nitrogen and oxygen atoms in total. The molecule has 7 heteroatoms. The molecule has 1 aliphatic rings. The first-order chi connectivity index (χ1) is 27.2. The van der Waals surface area contributed by atoms with E-state index >= 15 is 0 Å². The first kappa shape index (κ1) is 35.2. The number of para-hydroxylation sites is 1. The number of fused-ring (bicyclic) bond motifs is 9. The van der Waals surface area contributed by atoms with Crippen molar-refractivity contribution in [3.8, 4) is 56.6 Å². The molecular weight excluding hydrogens is 886 g/mol. The second kappa shape index (κ2) is 12.6. The van der Waals surface area contributed by atoms with Crippen molar-refractivity contribution in [1.29, 1.82) is 0 Å². The summed E-state index contributed by atoms with van der Waals surface area (Å²) in [4.78, 5) is 10.7. The Hall–Kier alpha value is -6.23. The number of pyridine rings is 1. The van der Waals surface area contributed by atoms with Gasteiger partial charge in [-0.15, -0.1) is 23.8 Å². The van der Waals surface area contributed by atoms with Crippen molar-refractivity contribution in [3.63, 3.8) is 0 Å². The van der Waals surface area contributed by atoms with Crippen LogP contribution in [0.2, 0.25) is 0 Å². The van der Waals surface area contributed by atoms with Crippen molar-refractivity contribution >= 4 is 43.9 Å². The molecule has 11 rings (SSSR count). The number of phenolic OH excluding ortho intramolecular Hbond substituents is 1. The largest absolute Gasteiger partial charge is 0.507 e. The quantitative estimate of drug-likeness (QED) is 0.178. The summed E-state index contributed by atoms with van der Waals surface area (Å²) in [7, 11) is 0. The molecule has 0 saturated carbocycles. The van der Waals surface area contributed by atoms with E-state index in [0.29, 0.717) is 17.2 Å². The first-order valence-electron chi connectivity index (χ1n) is 19.0. The van der Waals surface area contributed by atoms with Gasteiger partial charge in [0.15, 0.2) is 0 Å². The van der Waals surface area contributed by atoms with Crippen molar-refractivity contribution in [2.24, 2.45) is 0 Å². The van der Waals surface area contributed by atoms with E-state index in [4.69, 9.17) is 18.8 Å². The zero-order chi connectivity index (χ0) is 37.9. The number of aromatic hydroxyl groups is 1. The molecular formula is C50H36N3O3Pt-. The topological polar surface area (TPSA) is 77.2 Å². The van der Waals surface area contributed by atoms with Crippen LogP contribution in [0.25, 0.3) is 94.7 Å². The molecule has 0 unspecified atom stereocenters. The number of benzene rings is 6. The fourth-order valence-electron chi connectivity index (χ4n) is 8.69. The number of furan rings is 2. The third kappa shape index (κ3) is 5.20. The van der Waals surface area contributed by atoms with Crippen LogP contribution in [-0.4, -0.2) is 19.6 Å². The molecule has 4 aromatic heterocycles. The average molecular weight is 922 g/mol. The van der Waals surface area contributed by atoms with Gasteiger partial charge in [-0.25, -0.2) is 4.98 Å². The summed E-state index contributed by atoms with van der Waals surface area (Å²) >= 11 is 0. The molecule has 0 bridgehead atoms. The van der Waals surface area contributed by atoms with Crippen LogP contribution >= 0.6 is 0 Å². The molecule has 6 aromatic carbocycles. The average Bonchev–Trinajstić information content (AvgIpc) is 3.93. The molecule has 0 amide bonds.